The number of methoxy groups -OCH3 is 1. The molecule has 0 aliphatic rings. The number of halogens is 2. The molecule has 2 aromatic rings. The van der Waals surface area contributed by atoms with Crippen LogP contribution in [0.3, 0.4) is 0 Å². The molecule has 0 aromatic heterocycles. The summed E-state index contributed by atoms with van der Waals surface area (Å²) in [4.78, 5) is 14.0. The van der Waals surface area contributed by atoms with Gasteiger partial charge in [0.1, 0.15) is 11.6 Å². The molecule has 0 saturated carbocycles. The third kappa shape index (κ3) is 3.73. The maximum absolute atomic E-state index is 12.9. The number of carbonyl (C=O) groups is 1. The number of likely N-dealkylation sites (N-methyl/N-ethyl adjacent to an activating group) is 1. The van der Waals surface area contributed by atoms with E-state index in [0.717, 1.165) is 5.69 Å². The van der Waals surface area contributed by atoms with E-state index in [1.54, 1.807) is 42.3 Å². The summed E-state index contributed by atoms with van der Waals surface area (Å²) in [5, 5.41) is 0.396. The molecule has 0 spiro atoms. The number of nitrogens with zero attached hydrogens (tertiary/aromatic N) is 1. The smallest absolute Gasteiger partial charge is 0.182 e. The first-order valence-electron chi connectivity index (χ1n) is 6.34. The van der Waals surface area contributed by atoms with Crippen LogP contribution in [0.25, 0.3) is 0 Å². The van der Waals surface area contributed by atoms with Gasteiger partial charge in [0.2, 0.25) is 0 Å². The highest BCUT2D eigenvalue weighted by molar-refractivity contribution is 6.32. The van der Waals surface area contributed by atoms with Gasteiger partial charge < -0.3 is 9.64 Å². The summed E-state index contributed by atoms with van der Waals surface area (Å²) < 4.78 is 17.9. The number of ether oxygens (including phenoxy) is 1. The fourth-order valence-electron chi connectivity index (χ4n) is 1.93. The maximum Gasteiger partial charge on any atom is 0.182 e. The van der Waals surface area contributed by atoms with E-state index >= 15 is 0 Å². The third-order valence-corrected chi connectivity index (χ3v) is 3.42. The highest BCUT2D eigenvalue weighted by atomic mass is 35.5. The second kappa shape index (κ2) is 6.59. The molecule has 0 heterocycles. The minimum Gasteiger partial charge on any atom is -0.495 e. The van der Waals surface area contributed by atoms with Gasteiger partial charge in [0, 0.05) is 18.3 Å². The van der Waals surface area contributed by atoms with Gasteiger partial charge in [-0.1, -0.05) is 11.6 Å². The quantitative estimate of drug-likeness (QED) is 0.787. The lowest BCUT2D eigenvalue weighted by atomic mass is 10.1. The van der Waals surface area contributed by atoms with E-state index in [1.807, 2.05) is 0 Å². The lowest BCUT2D eigenvalue weighted by molar-refractivity contribution is 0.100. The van der Waals surface area contributed by atoms with Crippen LogP contribution in [-0.2, 0) is 0 Å². The SMILES string of the molecule is COc1ccc(C(=O)CN(C)c2ccc(F)cc2)cc1Cl. The van der Waals surface area contributed by atoms with Gasteiger partial charge in [0.15, 0.2) is 5.78 Å². The van der Waals surface area contributed by atoms with Crippen molar-refractivity contribution in [3.05, 3.63) is 58.9 Å². The van der Waals surface area contributed by atoms with Crippen molar-refractivity contribution in [2.45, 2.75) is 0 Å². The Kier molecular flexibility index (Phi) is 4.81. The Hall–Kier alpha value is -2.07. The average molecular weight is 308 g/mol. The van der Waals surface area contributed by atoms with Crippen molar-refractivity contribution in [2.75, 3.05) is 25.6 Å². The Morgan fingerprint density at radius 1 is 1.24 bits per heavy atom. The van der Waals surface area contributed by atoms with Gasteiger partial charge in [-0.3, -0.25) is 4.79 Å². The predicted molar refractivity (Wildman–Crippen MR) is 82.0 cm³/mol. The average Bonchev–Trinajstić information content (AvgIpc) is 2.47. The fraction of sp³-hybridized carbons (Fsp3) is 0.188. The molecular formula is C16H15ClFNO2. The van der Waals surface area contributed by atoms with Crippen LogP contribution in [0.4, 0.5) is 10.1 Å². The van der Waals surface area contributed by atoms with Crippen LogP contribution in [0.2, 0.25) is 5.02 Å². The molecule has 5 heteroatoms. The summed E-state index contributed by atoms with van der Waals surface area (Å²) in [7, 11) is 3.29. The van der Waals surface area contributed by atoms with E-state index in [0.29, 0.717) is 16.3 Å². The molecule has 0 atom stereocenters. The zero-order valence-electron chi connectivity index (χ0n) is 11.8. The Morgan fingerprint density at radius 3 is 2.48 bits per heavy atom. The molecular weight excluding hydrogens is 293 g/mol. The maximum atomic E-state index is 12.9. The van der Waals surface area contributed by atoms with E-state index in [4.69, 9.17) is 16.3 Å². The Bertz CT molecular complexity index is 643. The molecule has 3 nitrogen and oxygen atoms in total. The van der Waals surface area contributed by atoms with Crippen LogP contribution in [0.5, 0.6) is 5.75 Å². The third-order valence-electron chi connectivity index (χ3n) is 3.12. The van der Waals surface area contributed by atoms with Crippen molar-refractivity contribution in [1.82, 2.24) is 0 Å². The minimum atomic E-state index is -0.305. The molecule has 21 heavy (non-hydrogen) atoms. The minimum absolute atomic E-state index is 0.0774. The summed E-state index contributed by atoms with van der Waals surface area (Å²) in [6.45, 7) is 0.175. The van der Waals surface area contributed by atoms with Gasteiger partial charge in [0.25, 0.3) is 0 Å². The number of carbonyl (C=O) groups excluding carboxylic acids is 1. The molecule has 2 rings (SSSR count). The Balaban J connectivity index is 2.10. The molecule has 0 saturated heterocycles. The van der Waals surface area contributed by atoms with E-state index in [1.165, 1.54) is 19.2 Å². The number of benzene rings is 2. The Morgan fingerprint density at radius 2 is 1.90 bits per heavy atom. The van der Waals surface area contributed by atoms with Crippen molar-refractivity contribution in [2.24, 2.45) is 0 Å². The van der Waals surface area contributed by atoms with Crippen molar-refractivity contribution in [3.63, 3.8) is 0 Å². The zero-order valence-corrected chi connectivity index (χ0v) is 12.5. The van der Waals surface area contributed by atoms with E-state index in [-0.39, 0.29) is 18.1 Å². The first kappa shape index (κ1) is 15.3. The first-order chi connectivity index (χ1) is 10.0. The predicted octanol–water partition coefficient (Wildman–Crippen LogP) is 3.81. The second-order valence-corrected chi connectivity index (χ2v) is 5.01. The Labute approximate surface area is 127 Å². The topological polar surface area (TPSA) is 29.5 Å². The molecule has 0 bridgehead atoms. The fourth-order valence-corrected chi connectivity index (χ4v) is 2.19. The van der Waals surface area contributed by atoms with Crippen LogP contribution in [0, 0.1) is 5.82 Å². The summed E-state index contributed by atoms with van der Waals surface area (Å²) in [6, 6.07) is 10.9. The number of hydrogen-bond donors (Lipinski definition) is 0. The van der Waals surface area contributed by atoms with Gasteiger partial charge in [-0.05, 0) is 42.5 Å². The summed E-state index contributed by atoms with van der Waals surface area (Å²) in [5.41, 5.74) is 1.28. The summed E-state index contributed by atoms with van der Waals surface area (Å²) >= 11 is 6.01. The number of anilines is 1. The molecule has 110 valence electrons. The van der Waals surface area contributed by atoms with Crippen LogP contribution >= 0.6 is 11.6 Å². The first-order valence-corrected chi connectivity index (χ1v) is 6.72. The van der Waals surface area contributed by atoms with Crippen molar-refractivity contribution in [1.29, 1.82) is 0 Å². The van der Waals surface area contributed by atoms with E-state index in [9.17, 15) is 9.18 Å². The van der Waals surface area contributed by atoms with Crippen LogP contribution in [0.15, 0.2) is 42.5 Å². The largest absolute Gasteiger partial charge is 0.495 e. The lowest BCUT2D eigenvalue weighted by Crippen LogP contribution is -2.25. The molecule has 0 amide bonds. The van der Waals surface area contributed by atoms with Crippen LogP contribution in [0.1, 0.15) is 10.4 Å². The molecule has 0 N–H and O–H groups in total. The zero-order chi connectivity index (χ0) is 15.4. The number of hydrogen-bond acceptors (Lipinski definition) is 3. The van der Waals surface area contributed by atoms with Gasteiger partial charge in [0.05, 0.1) is 18.7 Å². The van der Waals surface area contributed by atoms with Gasteiger partial charge in [-0.2, -0.15) is 0 Å². The van der Waals surface area contributed by atoms with Crippen molar-refractivity contribution >= 4 is 23.1 Å². The molecule has 0 fully saturated rings. The molecule has 0 aliphatic carbocycles. The lowest BCUT2D eigenvalue weighted by Gasteiger charge is -2.18. The molecule has 0 aliphatic heterocycles. The van der Waals surface area contributed by atoms with E-state index in [2.05, 4.69) is 0 Å². The van der Waals surface area contributed by atoms with Crippen LogP contribution in [-0.4, -0.2) is 26.5 Å². The monoisotopic (exact) mass is 307 g/mol. The van der Waals surface area contributed by atoms with Gasteiger partial charge in [-0.15, -0.1) is 0 Å². The van der Waals surface area contributed by atoms with E-state index < -0.39 is 0 Å². The van der Waals surface area contributed by atoms with Crippen molar-refractivity contribution in [3.8, 4) is 5.75 Å². The number of Topliss-reactive ketones (excluding diaryl/α,β-unsaturated/α-hetero) is 1. The molecule has 2 aromatic carbocycles. The highest BCUT2D eigenvalue weighted by Crippen LogP contribution is 2.25. The standard InChI is InChI=1S/C16H15ClFNO2/c1-19(13-6-4-12(18)5-7-13)10-15(20)11-3-8-16(21-2)14(17)9-11/h3-9H,10H2,1-2H3. The number of ketones is 1. The molecule has 0 unspecified atom stereocenters. The van der Waals surface area contributed by atoms with Crippen LogP contribution < -0.4 is 9.64 Å². The summed E-state index contributed by atoms with van der Waals surface area (Å²) in [6.07, 6.45) is 0. The van der Waals surface area contributed by atoms with Gasteiger partial charge in [-0.25, -0.2) is 4.39 Å². The highest BCUT2D eigenvalue weighted by Gasteiger charge is 2.12. The second-order valence-electron chi connectivity index (χ2n) is 4.60. The number of rotatable bonds is 5. The van der Waals surface area contributed by atoms with Gasteiger partial charge >= 0.3 is 0 Å². The summed E-state index contributed by atoms with van der Waals surface area (Å²) in [5.74, 6) is 0.145. The normalized spacial score (nSPS) is 10.3. The molecule has 0 radical (unpaired) electrons. The van der Waals surface area contributed by atoms with Crippen molar-refractivity contribution < 1.29 is 13.9 Å².